The fourth-order valence-corrected chi connectivity index (χ4v) is 3.33. The van der Waals surface area contributed by atoms with Crippen molar-refractivity contribution in [2.45, 2.75) is 52.0 Å². The minimum atomic E-state index is 0.447. The Morgan fingerprint density at radius 1 is 1.18 bits per heavy atom. The third-order valence-electron chi connectivity index (χ3n) is 4.45. The van der Waals surface area contributed by atoms with Gasteiger partial charge < -0.3 is 5.32 Å². The molecule has 0 bridgehead atoms. The Morgan fingerprint density at radius 3 is 2.24 bits per heavy atom. The van der Waals surface area contributed by atoms with E-state index in [-0.39, 0.29) is 0 Å². The zero-order valence-corrected chi connectivity index (χ0v) is 11.4. The molecule has 1 N–H and O–H groups in total. The van der Waals surface area contributed by atoms with Gasteiger partial charge in [-0.05, 0) is 42.9 Å². The quantitative estimate of drug-likeness (QED) is 0.823. The lowest BCUT2D eigenvalue weighted by Crippen LogP contribution is -2.32. The molecule has 94 valence electrons. The van der Waals surface area contributed by atoms with Crippen molar-refractivity contribution in [1.29, 1.82) is 0 Å². The summed E-state index contributed by atoms with van der Waals surface area (Å²) in [4.78, 5) is 0. The summed E-state index contributed by atoms with van der Waals surface area (Å²) in [6.07, 6.45) is 6.62. The maximum absolute atomic E-state index is 3.54. The zero-order valence-electron chi connectivity index (χ0n) is 11.4. The van der Waals surface area contributed by atoms with Crippen molar-refractivity contribution in [3.8, 4) is 0 Å². The monoisotopic (exact) mass is 231 g/mol. The summed E-state index contributed by atoms with van der Waals surface area (Å²) >= 11 is 0. The van der Waals surface area contributed by atoms with Crippen molar-refractivity contribution in [2.75, 3.05) is 7.05 Å². The Hall–Kier alpha value is -0.820. The highest BCUT2D eigenvalue weighted by Gasteiger charge is 2.36. The Labute approximate surface area is 106 Å². The molecule has 2 rings (SSSR count). The molecule has 0 amide bonds. The minimum absolute atomic E-state index is 0.447. The van der Waals surface area contributed by atoms with Gasteiger partial charge in [-0.2, -0.15) is 0 Å². The van der Waals surface area contributed by atoms with Gasteiger partial charge in [-0.1, -0.05) is 51.0 Å². The Kier molecular flexibility index (Phi) is 3.88. The van der Waals surface area contributed by atoms with Crippen LogP contribution in [0.1, 0.15) is 56.7 Å². The SMILES string of the molecule is CCc1ccc(C(NC)C2(C)CCCC2)cc1. The van der Waals surface area contributed by atoms with Gasteiger partial charge in [-0.3, -0.25) is 0 Å². The maximum atomic E-state index is 3.54. The molecule has 1 aromatic carbocycles. The first-order chi connectivity index (χ1) is 8.19. The number of rotatable bonds is 4. The van der Waals surface area contributed by atoms with Gasteiger partial charge >= 0.3 is 0 Å². The van der Waals surface area contributed by atoms with E-state index in [2.05, 4.69) is 50.5 Å². The zero-order chi connectivity index (χ0) is 12.3. The van der Waals surface area contributed by atoms with E-state index >= 15 is 0 Å². The van der Waals surface area contributed by atoms with Crippen molar-refractivity contribution in [3.63, 3.8) is 0 Å². The summed E-state index contributed by atoms with van der Waals surface area (Å²) in [5.41, 5.74) is 3.33. The lowest BCUT2D eigenvalue weighted by atomic mass is 9.77. The molecular formula is C16H25N. The predicted molar refractivity (Wildman–Crippen MR) is 74.2 cm³/mol. The highest BCUT2D eigenvalue weighted by molar-refractivity contribution is 5.26. The maximum Gasteiger partial charge on any atom is 0.0372 e. The second-order valence-corrected chi connectivity index (χ2v) is 5.68. The van der Waals surface area contributed by atoms with Gasteiger partial charge in [0.05, 0.1) is 0 Å². The molecule has 0 aliphatic heterocycles. The van der Waals surface area contributed by atoms with Gasteiger partial charge in [0.25, 0.3) is 0 Å². The van der Waals surface area contributed by atoms with E-state index in [0.717, 1.165) is 6.42 Å². The second-order valence-electron chi connectivity index (χ2n) is 5.68. The van der Waals surface area contributed by atoms with Gasteiger partial charge in [-0.15, -0.1) is 0 Å². The summed E-state index contributed by atoms with van der Waals surface area (Å²) in [5.74, 6) is 0. The topological polar surface area (TPSA) is 12.0 Å². The van der Waals surface area contributed by atoms with Gasteiger partial charge in [0, 0.05) is 6.04 Å². The fourth-order valence-electron chi connectivity index (χ4n) is 3.33. The van der Waals surface area contributed by atoms with Crippen LogP contribution < -0.4 is 5.32 Å². The van der Waals surface area contributed by atoms with Crippen molar-refractivity contribution in [3.05, 3.63) is 35.4 Å². The van der Waals surface area contributed by atoms with Crippen LogP contribution in [0.4, 0.5) is 0 Å². The summed E-state index contributed by atoms with van der Waals surface area (Å²) < 4.78 is 0. The third kappa shape index (κ3) is 2.55. The first kappa shape index (κ1) is 12.6. The third-order valence-corrected chi connectivity index (χ3v) is 4.45. The summed E-state index contributed by atoms with van der Waals surface area (Å²) in [7, 11) is 2.10. The number of nitrogens with one attached hydrogen (secondary N) is 1. The van der Waals surface area contributed by atoms with Crippen LogP contribution in [0.25, 0.3) is 0 Å². The molecule has 0 aromatic heterocycles. The van der Waals surface area contributed by atoms with E-state index in [0.29, 0.717) is 11.5 Å². The smallest absolute Gasteiger partial charge is 0.0372 e. The van der Waals surface area contributed by atoms with Crippen molar-refractivity contribution < 1.29 is 0 Å². The normalized spacial score (nSPS) is 20.4. The van der Waals surface area contributed by atoms with Crippen LogP contribution in [0.5, 0.6) is 0 Å². The van der Waals surface area contributed by atoms with E-state index in [4.69, 9.17) is 0 Å². The summed E-state index contributed by atoms with van der Waals surface area (Å²) in [6.45, 7) is 4.65. The molecule has 1 atom stereocenters. The highest BCUT2D eigenvalue weighted by atomic mass is 14.9. The van der Waals surface area contributed by atoms with E-state index in [1.54, 1.807) is 0 Å². The summed E-state index contributed by atoms with van der Waals surface area (Å²) in [6, 6.07) is 9.68. The molecule has 17 heavy (non-hydrogen) atoms. The molecule has 1 heteroatoms. The van der Waals surface area contributed by atoms with Gasteiger partial charge in [-0.25, -0.2) is 0 Å². The standard InChI is InChI=1S/C16H25N/c1-4-13-7-9-14(10-8-13)15(17-3)16(2)11-5-6-12-16/h7-10,15,17H,4-6,11-12H2,1-3H3. The molecule has 1 saturated carbocycles. The molecular weight excluding hydrogens is 206 g/mol. The molecule has 1 fully saturated rings. The Morgan fingerprint density at radius 2 is 1.76 bits per heavy atom. The molecule has 0 heterocycles. The predicted octanol–water partition coefficient (Wildman–Crippen LogP) is 4.09. The minimum Gasteiger partial charge on any atom is -0.313 e. The van der Waals surface area contributed by atoms with Crippen molar-refractivity contribution in [1.82, 2.24) is 5.32 Å². The largest absolute Gasteiger partial charge is 0.313 e. The van der Waals surface area contributed by atoms with E-state index in [1.807, 2.05) is 0 Å². The first-order valence-corrected chi connectivity index (χ1v) is 6.96. The van der Waals surface area contributed by atoms with Crippen molar-refractivity contribution in [2.24, 2.45) is 5.41 Å². The van der Waals surface area contributed by atoms with Crippen molar-refractivity contribution >= 4 is 0 Å². The molecule has 1 nitrogen and oxygen atoms in total. The van der Waals surface area contributed by atoms with E-state index < -0.39 is 0 Å². The first-order valence-electron chi connectivity index (χ1n) is 6.96. The van der Waals surface area contributed by atoms with Crippen LogP contribution in [0.15, 0.2) is 24.3 Å². The molecule has 0 radical (unpaired) electrons. The van der Waals surface area contributed by atoms with Crippen LogP contribution in [0, 0.1) is 5.41 Å². The van der Waals surface area contributed by atoms with Crippen LogP contribution in [-0.4, -0.2) is 7.05 Å². The van der Waals surface area contributed by atoms with Crippen LogP contribution in [-0.2, 0) is 6.42 Å². The lowest BCUT2D eigenvalue weighted by Gasteiger charge is -2.34. The van der Waals surface area contributed by atoms with Gasteiger partial charge in [0.15, 0.2) is 0 Å². The fraction of sp³-hybridized carbons (Fsp3) is 0.625. The van der Waals surface area contributed by atoms with Crippen LogP contribution in [0.3, 0.4) is 0 Å². The van der Waals surface area contributed by atoms with Gasteiger partial charge in [0.1, 0.15) is 0 Å². The molecule has 1 aliphatic carbocycles. The van der Waals surface area contributed by atoms with Crippen LogP contribution in [0.2, 0.25) is 0 Å². The number of benzene rings is 1. The van der Waals surface area contributed by atoms with E-state index in [9.17, 15) is 0 Å². The second kappa shape index (κ2) is 5.22. The summed E-state index contributed by atoms with van der Waals surface area (Å²) in [5, 5.41) is 3.54. The Bertz CT molecular complexity index is 346. The number of aryl methyl sites for hydroxylation is 1. The van der Waals surface area contributed by atoms with Gasteiger partial charge in [0.2, 0.25) is 0 Å². The molecule has 1 aliphatic rings. The molecule has 1 unspecified atom stereocenters. The molecule has 1 aromatic rings. The Balaban J connectivity index is 2.22. The number of hydrogen-bond donors (Lipinski definition) is 1. The highest BCUT2D eigenvalue weighted by Crippen LogP contribution is 2.46. The number of hydrogen-bond acceptors (Lipinski definition) is 1. The average molecular weight is 231 g/mol. The lowest BCUT2D eigenvalue weighted by molar-refractivity contribution is 0.234. The van der Waals surface area contributed by atoms with E-state index in [1.165, 1.54) is 36.8 Å². The molecule has 0 spiro atoms. The average Bonchev–Trinajstić information content (AvgIpc) is 2.78. The van der Waals surface area contributed by atoms with Crippen LogP contribution >= 0.6 is 0 Å². The molecule has 0 saturated heterocycles.